The number of piperazine rings is 1. The van der Waals surface area contributed by atoms with E-state index in [2.05, 4.69) is 0 Å². The Morgan fingerprint density at radius 1 is 0.941 bits per heavy atom. The van der Waals surface area contributed by atoms with Crippen molar-refractivity contribution in [1.82, 2.24) is 14.1 Å². The molecule has 0 bridgehead atoms. The van der Waals surface area contributed by atoms with E-state index in [9.17, 15) is 18.0 Å². The van der Waals surface area contributed by atoms with Gasteiger partial charge in [0.05, 0.1) is 18.0 Å². The summed E-state index contributed by atoms with van der Waals surface area (Å²) in [4.78, 5) is 28.0. The van der Waals surface area contributed by atoms with Gasteiger partial charge in [-0.1, -0.05) is 40.9 Å². The predicted molar refractivity (Wildman–Crippen MR) is 131 cm³/mol. The highest BCUT2D eigenvalue weighted by Gasteiger charge is 2.31. The van der Waals surface area contributed by atoms with Gasteiger partial charge >= 0.3 is 6.09 Å². The largest absolute Gasteiger partial charge is 0.450 e. The number of amides is 2. The van der Waals surface area contributed by atoms with Gasteiger partial charge in [0.2, 0.25) is 15.9 Å². The molecule has 2 aromatic rings. The predicted octanol–water partition coefficient (Wildman–Crippen LogP) is 4.14. The van der Waals surface area contributed by atoms with Crippen LogP contribution in [0.3, 0.4) is 0 Å². The number of halogens is 3. The molecule has 34 heavy (non-hydrogen) atoms. The molecule has 1 fully saturated rings. The average molecular weight is 549 g/mol. The van der Waals surface area contributed by atoms with Gasteiger partial charge in [-0.2, -0.15) is 4.31 Å². The summed E-state index contributed by atoms with van der Waals surface area (Å²) < 4.78 is 32.9. The molecular weight excluding hydrogens is 525 g/mol. The second-order valence-corrected chi connectivity index (χ2v) is 10.7. The average Bonchev–Trinajstić information content (AvgIpc) is 2.80. The highest BCUT2D eigenvalue weighted by atomic mass is 35.5. The summed E-state index contributed by atoms with van der Waals surface area (Å²) in [6.45, 7) is 2.61. The van der Waals surface area contributed by atoms with Gasteiger partial charge in [-0.3, -0.25) is 4.79 Å². The molecule has 0 aromatic heterocycles. The van der Waals surface area contributed by atoms with Gasteiger partial charge in [-0.25, -0.2) is 13.2 Å². The minimum Gasteiger partial charge on any atom is -0.450 e. The van der Waals surface area contributed by atoms with Crippen LogP contribution in [0.2, 0.25) is 15.1 Å². The molecule has 3 rings (SSSR count). The third kappa shape index (κ3) is 6.55. The molecule has 0 saturated carbocycles. The lowest BCUT2D eigenvalue weighted by molar-refractivity contribution is -0.133. The van der Waals surface area contributed by atoms with Gasteiger partial charge in [0.1, 0.15) is 0 Å². The second kappa shape index (κ2) is 11.6. The fourth-order valence-electron chi connectivity index (χ4n) is 3.43. The standard InChI is InChI=1S/C22H24Cl3N3O5S/c1-2-33-22(30)27-11-9-26(10-12-27)21(29)15-28(14-16-3-4-18(24)13-20(16)25)34(31,32)19-7-5-17(23)6-8-19/h3-8,13H,2,9-12,14-15H2,1H3. The number of rotatable bonds is 7. The molecule has 12 heteroatoms. The van der Waals surface area contributed by atoms with Crippen LogP contribution in [0.4, 0.5) is 4.79 Å². The SMILES string of the molecule is CCOC(=O)N1CCN(C(=O)CN(Cc2ccc(Cl)cc2Cl)S(=O)(=O)c2ccc(Cl)cc2)CC1. The van der Waals surface area contributed by atoms with Gasteiger partial charge in [-0.15, -0.1) is 0 Å². The van der Waals surface area contributed by atoms with Crippen LogP contribution in [0.5, 0.6) is 0 Å². The van der Waals surface area contributed by atoms with Crippen LogP contribution < -0.4 is 0 Å². The summed E-state index contributed by atoms with van der Waals surface area (Å²) in [5.41, 5.74) is 0.503. The number of nitrogens with zero attached hydrogens (tertiary/aromatic N) is 3. The Kier molecular flexibility index (Phi) is 9.06. The molecule has 1 saturated heterocycles. The van der Waals surface area contributed by atoms with E-state index in [4.69, 9.17) is 39.5 Å². The quantitative estimate of drug-likeness (QED) is 0.519. The fraction of sp³-hybridized carbons (Fsp3) is 0.364. The molecule has 0 spiro atoms. The minimum absolute atomic E-state index is 0.00177. The maximum atomic E-state index is 13.4. The van der Waals surface area contributed by atoms with Crippen molar-refractivity contribution >= 4 is 56.8 Å². The zero-order valence-electron chi connectivity index (χ0n) is 18.4. The van der Waals surface area contributed by atoms with E-state index in [0.29, 0.717) is 33.7 Å². The molecule has 2 aromatic carbocycles. The number of carbonyl (C=O) groups is 2. The minimum atomic E-state index is -4.06. The van der Waals surface area contributed by atoms with Gasteiger partial charge in [0, 0.05) is 47.8 Å². The normalized spacial score (nSPS) is 14.4. The molecule has 0 unspecified atom stereocenters. The van der Waals surface area contributed by atoms with E-state index in [-0.39, 0.29) is 37.0 Å². The molecular formula is C22H24Cl3N3O5S. The first-order chi connectivity index (χ1) is 16.1. The zero-order valence-corrected chi connectivity index (χ0v) is 21.5. The van der Waals surface area contributed by atoms with Crippen molar-refractivity contribution in [3.8, 4) is 0 Å². The van der Waals surface area contributed by atoms with Crippen LogP contribution in [0.15, 0.2) is 47.4 Å². The molecule has 8 nitrogen and oxygen atoms in total. The molecule has 184 valence electrons. The lowest BCUT2D eigenvalue weighted by atomic mass is 10.2. The first-order valence-electron chi connectivity index (χ1n) is 10.5. The monoisotopic (exact) mass is 547 g/mol. The first kappa shape index (κ1) is 26.6. The number of benzene rings is 2. The van der Waals surface area contributed by atoms with E-state index in [1.807, 2.05) is 0 Å². The van der Waals surface area contributed by atoms with E-state index in [0.717, 1.165) is 4.31 Å². The Balaban J connectivity index is 1.80. The topological polar surface area (TPSA) is 87.2 Å². The Morgan fingerprint density at radius 2 is 1.53 bits per heavy atom. The van der Waals surface area contributed by atoms with E-state index >= 15 is 0 Å². The van der Waals surface area contributed by atoms with Gasteiger partial charge in [0.15, 0.2) is 0 Å². The lowest BCUT2D eigenvalue weighted by Crippen LogP contribution is -2.53. The van der Waals surface area contributed by atoms with Gasteiger partial charge < -0.3 is 14.5 Å². The number of carbonyl (C=O) groups excluding carboxylic acids is 2. The number of hydrogen-bond donors (Lipinski definition) is 0. The van der Waals surface area contributed by atoms with Crippen LogP contribution in [0, 0.1) is 0 Å². The van der Waals surface area contributed by atoms with Gasteiger partial charge in [-0.05, 0) is 48.9 Å². The van der Waals surface area contributed by atoms with Crippen molar-refractivity contribution in [3.05, 3.63) is 63.1 Å². The third-order valence-electron chi connectivity index (χ3n) is 5.28. The number of sulfonamides is 1. The highest BCUT2D eigenvalue weighted by Crippen LogP contribution is 2.26. The number of hydrogen-bond acceptors (Lipinski definition) is 5. The second-order valence-electron chi connectivity index (χ2n) is 7.53. The maximum Gasteiger partial charge on any atom is 0.409 e. The zero-order chi connectivity index (χ0) is 24.9. The summed E-state index contributed by atoms with van der Waals surface area (Å²) in [6, 6.07) is 10.5. The van der Waals surface area contributed by atoms with Crippen LogP contribution in [-0.4, -0.2) is 73.9 Å². The maximum absolute atomic E-state index is 13.4. The van der Waals surface area contributed by atoms with Crippen LogP contribution >= 0.6 is 34.8 Å². The van der Waals surface area contributed by atoms with Crippen LogP contribution in [0.25, 0.3) is 0 Å². The Hall–Kier alpha value is -2.04. The molecule has 1 heterocycles. The molecule has 2 amide bonds. The molecule has 0 N–H and O–H groups in total. The fourth-order valence-corrected chi connectivity index (χ4v) is 5.39. The van der Waals surface area contributed by atoms with Crippen molar-refractivity contribution < 1.29 is 22.7 Å². The molecule has 1 aliphatic heterocycles. The first-order valence-corrected chi connectivity index (χ1v) is 13.1. The molecule has 0 atom stereocenters. The molecule has 1 aliphatic rings. The number of ether oxygens (including phenoxy) is 1. The van der Waals surface area contributed by atoms with E-state index < -0.39 is 22.7 Å². The Morgan fingerprint density at radius 3 is 2.12 bits per heavy atom. The summed E-state index contributed by atoms with van der Waals surface area (Å²) in [5.74, 6) is -0.383. The van der Waals surface area contributed by atoms with Crippen molar-refractivity contribution in [2.24, 2.45) is 0 Å². The lowest BCUT2D eigenvalue weighted by Gasteiger charge is -2.35. The van der Waals surface area contributed by atoms with E-state index in [1.165, 1.54) is 40.1 Å². The van der Waals surface area contributed by atoms with Gasteiger partial charge in [0.25, 0.3) is 0 Å². The van der Waals surface area contributed by atoms with Crippen molar-refractivity contribution in [1.29, 1.82) is 0 Å². The summed E-state index contributed by atoms with van der Waals surface area (Å²) in [5, 5.41) is 1.09. The van der Waals surface area contributed by atoms with E-state index in [1.54, 1.807) is 19.1 Å². The smallest absolute Gasteiger partial charge is 0.409 e. The van der Waals surface area contributed by atoms with Crippen LogP contribution in [-0.2, 0) is 26.1 Å². The Labute approximate surface area is 214 Å². The van der Waals surface area contributed by atoms with Crippen LogP contribution in [0.1, 0.15) is 12.5 Å². The Bertz CT molecular complexity index is 1140. The van der Waals surface area contributed by atoms with Crippen molar-refractivity contribution in [3.63, 3.8) is 0 Å². The summed E-state index contributed by atoms with van der Waals surface area (Å²) >= 11 is 18.2. The van der Waals surface area contributed by atoms with Crippen molar-refractivity contribution in [2.75, 3.05) is 39.3 Å². The summed E-state index contributed by atoms with van der Waals surface area (Å²) in [7, 11) is -4.06. The third-order valence-corrected chi connectivity index (χ3v) is 7.93. The molecule has 0 aliphatic carbocycles. The summed E-state index contributed by atoms with van der Waals surface area (Å²) in [6.07, 6.45) is -0.432. The van der Waals surface area contributed by atoms with Crippen molar-refractivity contribution in [2.45, 2.75) is 18.4 Å². The highest BCUT2D eigenvalue weighted by molar-refractivity contribution is 7.89. The molecule has 0 radical (unpaired) electrons.